The predicted octanol–water partition coefficient (Wildman–Crippen LogP) is 0.890. The van der Waals surface area contributed by atoms with E-state index in [4.69, 9.17) is 59.4 Å². The molecular weight excluding hydrogens is 1420 g/mol. The Hall–Kier alpha value is -6.64. The summed E-state index contributed by atoms with van der Waals surface area (Å²) in [6.45, 7) is 15.9. The number of unbranched alkanes of at least 4 members (excludes halogenated alkanes) is 23. The van der Waals surface area contributed by atoms with E-state index >= 15 is 0 Å². The number of benzene rings is 2. The van der Waals surface area contributed by atoms with E-state index in [0.717, 1.165) is 26.2 Å². The number of nitrogens with one attached hydrogen (secondary N) is 2. The fourth-order valence-electron chi connectivity index (χ4n) is 9.06. The van der Waals surface area contributed by atoms with Crippen molar-refractivity contribution >= 4 is 35.8 Å². The van der Waals surface area contributed by atoms with Crippen LogP contribution in [0.4, 0.5) is 79.0 Å². The lowest BCUT2D eigenvalue weighted by Gasteiger charge is -2.24. The second-order valence-corrected chi connectivity index (χ2v) is 23.4. The van der Waals surface area contributed by atoms with Crippen molar-refractivity contribution in [1.82, 2.24) is 0 Å². The molecule has 4 unspecified atom stereocenters. The summed E-state index contributed by atoms with van der Waals surface area (Å²) in [6.07, 6.45) is 5.08. The number of rotatable bonds is 43. The lowest BCUT2D eigenvalue weighted by Crippen LogP contribution is -3.17. The number of carboxylic acids is 6. The van der Waals surface area contributed by atoms with Crippen molar-refractivity contribution in [2.24, 2.45) is 0 Å². The van der Waals surface area contributed by atoms with E-state index in [-0.39, 0.29) is 0 Å². The second kappa shape index (κ2) is 59.7. The molecule has 0 aliphatic carbocycles. The number of aromatic hydroxyl groups is 2. The maximum Gasteiger partial charge on any atom is 0.430 e. The van der Waals surface area contributed by atoms with E-state index in [1.54, 1.807) is 9.80 Å². The van der Waals surface area contributed by atoms with Crippen LogP contribution in [0.3, 0.4) is 0 Å². The van der Waals surface area contributed by atoms with Crippen molar-refractivity contribution in [3.8, 4) is 11.5 Å². The molecule has 20 nitrogen and oxygen atoms in total. The zero-order valence-corrected chi connectivity index (χ0v) is 57.4. The molecule has 0 bridgehead atoms. The fraction of sp³-hybridized carbons (Fsp3) is 0.719. The number of carbonyl (C=O) groups excluding carboxylic acids is 6. The molecule has 14 N–H and O–H groups in total. The minimum absolute atomic E-state index is 0.342. The number of nitrogens with two attached hydrogens (primary N) is 2. The van der Waals surface area contributed by atoms with Crippen LogP contribution < -0.4 is 62.5 Å². The van der Waals surface area contributed by atoms with Crippen LogP contribution in [0.25, 0.3) is 0 Å². The topological polar surface area (TPSA) is 379 Å². The van der Waals surface area contributed by atoms with Gasteiger partial charge in [0.15, 0.2) is 12.1 Å². The molecule has 2 aromatic rings. The molecule has 0 amide bonds. The molecule has 0 saturated carbocycles. The Bertz CT molecular complexity index is 2160. The van der Waals surface area contributed by atoms with Crippen LogP contribution in [0.5, 0.6) is 11.5 Å². The van der Waals surface area contributed by atoms with Gasteiger partial charge >= 0.3 is 37.1 Å². The first-order valence-electron chi connectivity index (χ1n) is 33.3. The maximum atomic E-state index is 10.5. The third kappa shape index (κ3) is 70.4. The van der Waals surface area contributed by atoms with Crippen molar-refractivity contribution in [2.75, 3.05) is 52.4 Å². The van der Waals surface area contributed by atoms with Crippen LogP contribution in [0.2, 0.25) is 0 Å². The number of halogens is 18. The van der Waals surface area contributed by atoms with Gasteiger partial charge in [0.1, 0.15) is 86.6 Å². The quantitative estimate of drug-likeness (QED) is 0.0338. The van der Waals surface area contributed by atoms with Crippen LogP contribution in [0.1, 0.15) is 192 Å². The van der Waals surface area contributed by atoms with Gasteiger partial charge in [-0.25, -0.2) is 0 Å². The molecule has 0 spiro atoms. The number of alkyl halides is 18. The number of phenols is 2. The average molecular weight is 1520 g/mol. The molecule has 0 saturated heterocycles. The van der Waals surface area contributed by atoms with Gasteiger partial charge in [0.05, 0.1) is 26.2 Å². The van der Waals surface area contributed by atoms with Gasteiger partial charge < -0.3 is 102 Å². The molecule has 2 aromatic carbocycles. The summed E-state index contributed by atoms with van der Waals surface area (Å²) in [6, 6.07) is 16.5. The minimum atomic E-state index is -5.19. The first kappa shape index (κ1) is 104. The van der Waals surface area contributed by atoms with Crippen LogP contribution in [-0.4, -0.2) is 148 Å². The molecule has 0 heterocycles. The molecule has 38 heteroatoms. The van der Waals surface area contributed by atoms with E-state index in [9.17, 15) is 89.2 Å². The van der Waals surface area contributed by atoms with Crippen molar-refractivity contribution in [1.29, 1.82) is 0 Å². The molecule has 102 heavy (non-hydrogen) atoms. The third-order valence-electron chi connectivity index (χ3n) is 14.6. The Balaban J connectivity index is -0.000000592. The summed E-state index contributed by atoms with van der Waals surface area (Å²) in [5.74, 6) is -17.4. The molecule has 4 atom stereocenters. The van der Waals surface area contributed by atoms with E-state index in [1.165, 1.54) is 217 Å². The zero-order chi connectivity index (χ0) is 79.6. The second-order valence-electron chi connectivity index (χ2n) is 23.4. The number of hydrogen-bond acceptors (Lipinski definition) is 14. The number of aliphatic carboxylic acids is 6. The van der Waals surface area contributed by atoms with E-state index in [1.807, 2.05) is 24.3 Å². The van der Waals surface area contributed by atoms with Crippen molar-refractivity contribution in [2.45, 2.75) is 243 Å². The van der Waals surface area contributed by atoms with Crippen LogP contribution in [0.15, 0.2) is 48.5 Å². The van der Waals surface area contributed by atoms with Gasteiger partial charge in [-0.2, -0.15) is 79.0 Å². The highest BCUT2D eigenvalue weighted by atomic mass is 19.4. The fourth-order valence-corrected chi connectivity index (χ4v) is 9.06. The first-order valence-corrected chi connectivity index (χ1v) is 33.3. The van der Waals surface area contributed by atoms with Gasteiger partial charge in [0.2, 0.25) is 0 Å². The summed E-state index contributed by atoms with van der Waals surface area (Å²) in [5, 5.41) is 77.2. The summed E-state index contributed by atoms with van der Waals surface area (Å²) < 4.78 is 189. The molecule has 598 valence electrons. The van der Waals surface area contributed by atoms with Gasteiger partial charge in [-0.3, -0.25) is 0 Å². The summed E-state index contributed by atoms with van der Waals surface area (Å²) in [5.41, 5.74) is 11.3. The Morgan fingerprint density at radius 1 is 0.333 bits per heavy atom. The monoisotopic (exact) mass is 1520 g/mol. The van der Waals surface area contributed by atoms with Crippen molar-refractivity contribution in [3.05, 3.63) is 59.7 Å². The highest BCUT2D eigenvalue weighted by molar-refractivity contribution is 5.72. The summed E-state index contributed by atoms with van der Waals surface area (Å²) in [4.78, 5) is 56.3. The van der Waals surface area contributed by atoms with Crippen LogP contribution in [-0.2, 0) is 41.9 Å². The number of hydrogen-bond donors (Lipinski definition) is 8. The van der Waals surface area contributed by atoms with Crippen LogP contribution in [0, 0.1) is 0 Å². The highest BCUT2D eigenvalue weighted by Crippen LogP contribution is 2.18. The normalized spacial score (nSPS) is 12.7. The van der Waals surface area contributed by atoms with Crippen molar-refractivity contribution in [3.63, 3.8) is 0 Å². The Labute approximate surface area is 581 Å². The van der Waals surface area contributed by atoms with Gasteiger partial charge in [0, 0.05) is 24.0 Å². The Morgan fingerprint density at radius 3 is 0.647 bits per heavy atom. The standard InChI is InChI=1S/C52H96N6O2.6C2HF3O2/c1-3-5-7-9-11-13-15-17-19-21-23-25-37-57(45-49(41-53)55-43-47-29-33-51(59)34-30-47)39-27-28-40-58(38-26-24-22-20-18-16-14-12-10-8-6-4-2)46-50(42-54)56-44-48-31-35-52(60)36-32-48;6*3-2(4,5)1(6)7/h29-36,49-50,55-56,59-60H,3-28,37-46,53-54H2,1-2H3;6*(H,6,7). The van der Waals surface area contributed by atoms with Gasteiger partial charge in [-0.1, -0.05) is 142 Å². The Morgan fingerprint density at radius 2 is 0.490 bits per heavy atom. The van der Waals surface area contributed by atoms with E-state index in [2.05, 4.69) is 60.2 Å². The predicted molar refractivity (Wildman–Crippen MR) is 319 cm³/mol. The largest absolute Gasteiger partial charge is 0.542 e. The summed E-state index contributed by atoms with van der Waals surface area (Å²) >= 11 is 0. The molecule has 0 aliphatic heterocycles. The van der Waals surface area contributed by atoms with Gasteiger partial charge in [0.25, 0.3) is 0 Å². The van der Waals surface area contributed by atoms with Gasteiger partial charge in [-0.05, 0) is 74.2 Å². The first-order chi connectivity index (χ1) is 47.1. The lowest BCUT2D eigenvalue weighted by molar-refractivity contribution is -0.928. The summed E-state index contributed by atoms with van der Waals surface area (Å²) in [7, 11) is 0. The average Bonchev–Trinajstić information content (AvgIpc) is 0.957. The zero-order valence-electron chi connectivity index (χ0n) is 57.4. The lowest BCUT2D eigenvalue weighted by atomic mass is 10.0. The van der Waals surface area contributed by atoms with Crippen LogP contribution >= 0.6 is 0 Å². The number of carboxylic acid groups (broad SMARTS) is 6. The molecule has 0 aliphatic rings. The number of carbonyl (C=O) groups is 6. The smallest absolute Gasteiger partial charge is 0.430 e. The Kier molecular flexibility index (Phi) is 60.9. The molecule has 0 fully saturated rings. The third-order valence-corrected chi connectivity index (χ3v) is 14.6. The molecule has 2 rings (SSSR count). The molecular formula is C64H102F18N6O14. The number of phenolic OH excluding ortho intramolecular Hbond substituents is 2. The highest BCUT2D eigenvalue weighted by Gasteiger charge is 2.32. The van der Waals surface area contributed by atoms with E-state index < -0.39 is 72.9 Å². The SMILES string of the molecule is CCCCCCCCCCCCCC[NH+](CCCC[NH+](CCCCCCCCCCCCCC)CC(C[NH3+])[NH2+]Cc1ccc(O)cc1)CC(C[NH3+])[NH2+]Cc1ccc(O)cc1.O=C([O-])C(F)(F)F.O=C([O-])C(F)(F)F.O=C([O-])C(F)(F)F.O=C([O-])C(F)(F)F.O=C([O-])C(F)(F)F.O=C([O-])C(F)(F)F. The number of quaternary nitrogens is 6. The molecule has 0 aromatic heterocycles. The molecule has 0 radical (unpaired) electrons. The maximum absolute atomic E-state index is 10.5. The minimum Gasteiger partial charge on any atom is -0.542 e. The van der Waals surface area contributed by atoms with E-state index in [0.29, 0.717) is 23.6 Å². The van der Waals surface area contributed by atoms with Crippen molar-refractivity contribution < 1.29 is 181 Å². The van der Waals surface area contributed by atoms with Gasteiger partial charge in [-0.15, -0.1) is 0 Å².